The van der Waals surface area contributed by atoms with Gasteiger partial charge in [0.25, 0.3) is 0 Å². The maximum atomic E-state index is 13.1. The number of benzene rings is 1. The number of ether oxygens (including phenoxy) is 1. The minimum absolute atomic E-state index is 0.0223. The van der Waals surface area contributed by atoms with Crippen LogP contribution in [0, 0.1) is 11.6 Å². The largest absolute Gasteiger partial charge is 0.392 e. The van der Waals surface area contributed by atoms with Gasteiger partial charge in [0.15, 0.2) is 11.6 Å². The molecule has 1 rings (SSSR count). The van der Waals surface area contributed by atoms with E-state index in [2.05, 4.69) is 4.74 Å². The highest BCUT2D eigenvalue weighted by Crippen LogP contribution is 2.16. The average molecular weight is 188 g/mol. The Morgan fingerprint density at radius 1 is 1.23 bits per heavy atom. The summed E-state index contributed by atoms with van der Waals surface area (Å²) in [5.74, 6) is -1.95. The number of hydrogen-bond acceptors (Lipinski definition) is 2. The van der Waals surface area contributed by atoms with Crippen LogP contribution in [0.5, 0.6) is 0 Å². The van der Waals surface area contributed by atoms with E-state index < -0.39 is 18.2 Å². The van der Waals surface area contributed by atoms with Crippen LogP contribution in [-0.4, -0.2) is 12.2 Å². The topological polar surface area (TPSA) is 29.5 Å². The molecule has 0 atom stereocenters. The first-order chi connectivity index (χ1) is 6.20. The quantitative estimate of drug-likeness (QED) is 0.780. The van der Waals surface area contributed by atoms with Gasteiger partial charge in [-0.25, -0.2) is 8.78 Å². The predicted molar refractivity (Wildman–Crippen MR) is 43.0 cm³/mol. The summed E-state index contributed by atoms with van der Waals surface area (Å²) in [5, 5.41) is 8.63. The molecule has 0 aliphatic rings. The fourth-order valence-corrected chi connectivity index (χ4v) is 1.02. The summed E-state index contributed by atoms with van der Waals surface area (Å²) in [7, 11) is 1.40. The minimum atomic E-state index is -1.00. The summed E-state index contributed by atoms with van der Waals surface area (Å²) in [5.41, 5.74) is 0.106. The highest BCUT2D eigenvalue weighted by molar-refractivity contribution is 5.25. The molecule has 0 spiro atoms. The van der Waals surface area contributed by atoms with Gasteiger partial charge in [0, 0.05) is 18.2 Å². The maximum Gasteiger partial charge on any atom is 0.164 e. The molecule has 0 fully saturated rings. The molecule has 1 N–H and O–H groups in total. The Morgan fingerprint density at radius 2 is 1.77 bits per heavy atom. The highest BCUT2D eigenvalue weighted by atomic mass is 19.2. The van der Waals surface area contributed by atoms with Gasteiger partial charge in [-0.2, -0.15) is 0 Å². The molecular weight excluding hydrogens is 178 g/mol. The molecule has 0 aliphatic heterocycles. The van der Waals surface area contributed by atoms with Crippen molar-refractivity contribution in [3.8, 4) is 0 Å². The monoisotopic (exact) mass is 188 g/mol. The lowest BCUT2D eigenvalue weighted by molar-refractivity contribution is 0.180. The summed E-state index contributed by atoms with van der Waals surface area (Å²) in [6.07, 6.45) is 0. The zero-order chi connectivity index (χ0) is 9.84. The van der Waals surface area contributed by atoms with Crippen LogP contribution < -0.4 is 0 Å². The van der Waals surface area contributed by atoms with Gasteiger partial charge in [-0.05, 0) is 0 Å². The highest BCUT2D eigenvalue weighted by Gasteiger charge is 2.11. The normalized spacial score (nSPS) is 10.5. The van der Waals surface area contributed by atoms with E-state index in [9.17, 15) is 8.78 Å². The van der Waals surface area contributed by atoms with E-state index >= 15 is 0 Å². The van der Waals surface area contributed by atoms with Gasteiger partial charge in [0.05, 0.1) is 13.2 Å². The first-order valence-corrected chi connectivity index (χ1v) is 3.76. The van der Waals surface area contributed by atoms with Crippen molar-refractivity contribution >= 4 is 0 Å². The molecule has 0 saturated heterocycles. The molecule has 0 aromatic heterocycles. The molecule has 13 heavy (non-hydrogen) atoms. The third-order valence-corrected chi connectivity index (χ3v) is 1.71. The number of hydrogen-bond donors (Lipinski definition) is 1. The standard InChI is InChI=1S/C9H10F2O2/c1-13-5-7-3-2-6(4-12)8(10)9(7)11/h2-3,12H,4-5H2,1H3. The zero-order valence-corrected chi connectivity index (χ0v) is 7.18. The van der Waals surface area contributed by atoms with Crippen molar-refractivity contribution in [2.75, 3.05) is 7.11 Å². The van der Waals surface area contributed by atoms with Gasteiger partial charge in [0.1, 0.15) is 0 Å². The van der Waals surface area contributed by atoms with Gasteiger partial charge in [-0.3, -0.25) is 0 Å². The van der Waals surface area contributed by atoms with Crippen molar-refractivity contribution in [2.24, 2.45) is 0 Å². The van der Waals surface area contributed by atoms with Crippen LogP contribution in [0.1, 0.15) is 11.1 Å². The average Bonchev–Trinajstić information content (AvgIpc) is 2.14. The Balaban J connectivity index is 3.07. The molecule has 0 aliphatic carbocycles. The summed E-state index contributed by atoms with van der Waals surface area (Å²) < 4.78 is 30.7. The predicted octanol–water partition coefficient (Wildman–Crippen LogP) is 1.60. The molecule has 1 aromatic rings. The SMILES string of the molecule is COCc1ccc(CO)c(F)c1F. The first-order valence-electron chi connectivity index (χ1n) is 3.76. The summed E-state index contributed by atoms with van der Waals surface area (Å²) in [4.78, 5) is 0. The van der Waals surface area contributed by atoms with Crippen molar-refractivity contribution in [3.05, 3.63) is 34.9 Å². The second-order valence-electron chi connectivity index (χ2n) is 2.60. The van der Waals surface area contributed by atoms with Crippen LogP contribution in [-0.2, 0) is 18.0 Å². The van der Waals surface area contributed by atoms with Crippen LogP contribution >= 0.6 is 0 Å². The number of aliphatic hydroxyl groups excluding tert-OH is 1. The lowest BCUT2D eigenvalue weighted by Gasteiger charge is -2.05. The van der Waals surface area contributed by atoms with E-state index in [1.54, 1.807) is 0 Å². The van der Waals surface area contributed by atoms with Gasteiger partial charge in [-0.15, -0.1) is 0 Å². The molecular formula is C9H10F2O2. The maximum absolute atomic E-state index is 13.1. The van der Waals surface area contributed by atoms with Crippen LogP contribution in [0.3, 0.4) is 0 Å². The lowest BCUT2D eigenvalue weighted by Crippen LogP contribution is -2.00. The van der Waals surface area contributed by atoms with Gasteiger partial charge in [-0.1, -0.05) is 12.1 Å². The summed E-state index contributed by atoms with van der Waals surface area (Å²) in [6.45, 7) is -0.482. The van der Waals surface area contributed by atoms with Gasteiger partial charge < -0.3 is 9.84 Å². The smallest absolute Gasteiger partial charge is 0.164 e. The Morgan fingerprint density at radius 3 is 2.31 bits per heavy atom. The van der Waals surface area contributed by atoms with Crippen LogP contribution in [0.2, 0.25) is 0 Å². The molecule has 0 bridgehead atoms. The Kier molecular flexibility index (Phi) is 3.33. The molecule has 72 valence electrons. The third-order valence-electron chi connectivity index (χ3n) is 1.71. The summed E-state index contributed by atoms with van der Waals surface area (Å²) >= 11 is 0. The second kappa shape index (κ2) is 4.30. The molecule has 0 saturated carbocycles. The number of halogens is 2. The van der Waals surface area contributed by atoms with Crippen LogP contribution in [0.4, 0.5) is 8.78 Å². The van der Waals surface area contributed by atoms with Crippen molar-refractivity contribution in [1.29, 1.82) is 0 Å². The van der Waals surface area contributed by atoms with E-state index in [1.807, 2.05) is 0 Å². The molecule has 2 nitrogen and oxygen atoms in total. The minimum Gasteiger partial charge on any atom is -0.392 e. The van der Waals surface area contributed by atoms with E-state index in [0.29, 0.717) is 0 Å². The molecule has 0 unspecified atom stereocenters. The van der Waals surface area contributed by atoms with Gasteiger partial charge in [0.2, 0.25) is 0 Å². The van der Waals surface area contributed by atoms with Crippen LogP contribution in [0.25, 0.3) is 0 Å². The molecule has 1 aromatic carbocycles. The van der Waals surface area contributed by atoms with E-state index in [4.69, 9.17) is 5.11 Å². The molecule has 0 heterocycles. The van der Waals surface area contributed by atoms with Crippen molar-refractivity contribution in [1.82, 2.24) is 0 Å². The summed E-state index contributed by atoms with van der Waals surface area (Å²) in [6, 6.07) is 2.74. The molecule has 0 amide bonds. The van der Waals surface area contributed by atoms with E-state index in [-0.39, 0.29) is 17.7 Å². The number of rotatable bonds is 3. The fourth-order valence-electron chi connectivity index (χ4n) is 1.02. The second-order valence-corrected chi connectivity index (χ2v) is 2.60. The molecule has 0 radical (unpaired) electrons. The molecule has 4 heteroatoms. The zero-order valence-electron chi connectivity index (χ0n) is 7.18. The first kappa shape index (κ1) is 10.1. The number of aliphatic hydroxyl groups is 1. The van der Waals surface area contributed by atoms with Crippen molar-refractivity contribution < 1.29 is 18.6 Å². The van der Waals surface area contributed by atoms with Crippen molar-refractivity contribution in [3.63, 3.8) is 0 Å². The van der Waals surface area contributed by atoms with E-state index in [0.717, 1.165) is 0 Å². The number of methoxy groups -OCH3 is 1. The lowest BCUT2D eigenvalue weighted by atomic mass is 10.1. The van der Waals surface area contributed by atoms with Crippen LogP contribution in [0.15, 0.2) is 12.1 Å². The van der Waals surface area contributed by atoms with Crippen molar-refractivity contribution in [2.45, 2.75) is 13.2 Å². The third kappa shape index (κ3) is 2.02. The Bertz CT molecular complexity index is 300. The Hall–Kier alpha value is -1.00. The Labute approximate surface area is 74.8 Å². The fraction of sp³-hybridized carbons (Fsp3) is 0.333. The van der Waals surface area contributed by atoms with Gasteiger partial charge >= 0.3 is 0 Å². The van der Waals surface area contributed by atoms with E-state index in [1.165, 1.54) is 19.2 Å².